The summed E-state index contributed by atoms with van der Waals surface area (Å²) in [4.78, 5) is 13.7. The first kappa shape index (κ1) is 16.9. The third-order valence-corrected chi connectivity index (χ3v) is 6.18. The molecule has 0 atom stereocenters. The second kappa shape index (κ2) is 6.54. The fourth-order valence-electron chi connectivity index (χ4n) is 3.04. The number of methoxy groups -OCH3 is 1. The Kier molecular flexibility index (Phi) is 4.62. The summed E-state index contributed by atoms with van der Waals surface area (Å²) in [7, 11) is -2.03. The lowest BCUT2D eigenvalue weighted by Gasteiger charge is -2.22. The molecule has 0 saturated carbocycles. The van der Waals surface area contributed by atoms with Crippen molar-refractivity contribution < 1.29 is 23.1 Å². The minimum Gasteiger partial charge on any atom is -0.497 e. The molecule has 1 N–H and O–H groups in total. The van der Waals surface area contributed by atoms with E-state index in [0.29, 0.717) is 31.9 Å². The van der Waals surface area contributed by atoms with E-state index in [4.69, 9.17) is 9.84 Å². The number of nitrogens with zero attached hydrogens (tertiary/aromatic N) is 2. The van der Waals surface area contributed by atoms with Crippen LogP contribution < -0.4 is 4.74 Å². The van der Waals surface area contributed by atoms with Gasteiger partial charge < -0.3 is 14.7 Å². The number of aliphatic hydroxyl groups excluding tert-OH is 1. The molecule has 1 aromatic rings. The molecule has 8 heteroatoms. The molecule has 0 radical (unpaired) electrons. The van der Waals surface area contributed by atoms with Gasteiger partial charge in [-0.3, -0.25) is 4.79 Å². The van der Waals surface area contributed by atoms with Crippen molar-refractivity contribution in [3.63, 3.8) is 0 Å². The molecular weight excluding hydrogens is 332 g/mol. The molecule has 0 spiro atoms. The van der Waals surface area contributed by atoms with E-state index in [1.807, 2.05) is 0 Å². The van der Waals surface area contributed by atoms with E-state index in [2.05, 4.69) is 0 Å². The average Bonchev–Trinajstić information content (AvgIpc) is 3.14. The summed E-state index contributed by atoms with van der Waals surface area (Å²) >= 11 is 0. The Labute approximate surface area is 141 Å². The standard InChI is InChI=1S/C16H20N2O5S/c1-23-14-2-4-15(5-3-14)24(21,22)18-10-12-8-17(9-13(12)11-18)16(20)6-7-19/h2-5,19H,6-11H2,1H3. The van der Waals surface area contributed by atoms with E-state index >= 15 is 0 Å². The molecule has 3 rings (SSSR count). The number of hydrogen-bond donors (Lipinski definition) is 1. The summed E-state index contributed by atoms with van der Waals surface area (Å²) in [5, 5.41) is 8.85. The van der Waals surface area contributed by atoms with Gasteiger partial charge in [0.05, 0.1) is 18.6 Å². The lowest BCUT2D eigenvalue weighted by Crippen LogP contribution is -2.36. The minimum atomic E-state index is -3.56. The summed E-state index contributed by atoms with van der Waals surface area (Å²) in [6, 6.07) is 6.32. The van der Waals surface area contributed by atoms with Crippen molar-refractivity contribution in [1.82, 2.24) is 9.21 Å². The molecule has 24 heavy (non-hydrogen) atoms. The van der Waals surface area contributed by atoms with Gasteiger partial charge in [-0.15, -0.1) is 0 Å². The fraction of sp³-hybridized carbons (Fsp3) is 0.438. The first-order valence-corrected chi connectivity index (χ1v) is 9.12. The zero-order valence-corrected chi connectivity index (χ0v) is 14.3. The van der Waals surface area contributed by atoms with Gasteiger partial charge in [0, 0.05) is 32.6 Å². The summed E-state index contributed by atoms with van der Waals surface area (Å²) in [5.74, 6) is 0.505. The lowest BCUT2D eigenvalue weighted by atomic mass is 10.2. The summed E-state index contributed by atoms with van der Waals surface area (Å²) in [5.41, 5.74) is 1.97. The monoisotopic (exact) mass is 352 g/mol. The molecule has 2 aliphatic rings. The Hall–Kier alpha value is -1.90. The van der Waals surface area contributed by atoms with Crippen molar-refractivity contribution in [2.75, 3.05) is 39.9 Å². The van der Waals surface area contributed by atoms with Crippen molar-refractivity contribution in [3.05, 3.63) is 35.4 Å². The molecule has 0 aromatic heterocycles. The third kappa shape index (κ3) is 3.04. The zero-order valence-electron chi connectivity index (χ0n) is 13.4. The van der Waals surface area contributed by atoms with Gasteiger partial charge in [-0.1, -0.05) is 0 Å². The van der Waals surface area contributed by atoms with Crippen molar-refractivity contribution in [1.29, 1.82) is 0 Å². The highest BCUT2D eigenvalue weighted by molar-refractivity contribution is 7.89. The Bertz CT molecular complexity index is 752. The number of carbonyl (C=O) groups excluding carboxylic acids is 1. The molecule has 0 unspecified atom stereocenters. The number of aliphatic hydroxyl groups is 1. The number of sulfonamides is 1. The van der Waals surface area contributed by atoms with Crippen LogP contribution in [0, 0.1) is 0 Å². The van der Waals surface area contributed by atoms with Gasteiger partial charge in [-0.05, 0) is 35.4 Å². The smallest absolute Gasteiger partial charge is 0.243 e. The first-order chi connectivity index (χ1) is 11.5. The van der Waals surface area contributed by atoms with Crippen LogP contribution in [-0.2, 0) is 14.8 Å². The summed E-state index contributed by atoms with van der Waals surface area (Å²) in [6.07, 6.45) is 0.106. The van der Waals surface area contributed by atoms with Crippen molar-refractivity contribution in [2.24, 2.45) is 0 Å². The highest BCUT2D eigenvalue weighted by atomic mass is 32.2. The Balaban J connectivity index is 1.68. The van der Waals surface area contributed by atoms with Gasteiger partial charge >= 0.3 is 0 Å². The molecule has 2 heterocycles. The molecule has 1 amide bonds. The van der Waals surface area contributed by atoms with E-state index in [-0.39, 0.29) is 23.8 Å². The van der Waals surface area contributed by atoms with Gasteiger partial charge in [0.15, 0.2) is 0 Å². The first-order valence-electron chi connectivity index (χ1n) is 7.68. The van der Waals surface area contributed by atoms with Gasteiger partial charge in [-0.25, -0.2) is 8.42 Å². The van der Waals surface area contributed by atoms with Crippen LogP contribution in [-0.4, -0.2) is 68.5 Å². The topological polar surface area (TPSA) is 87.2 Å². The quantitative estimate of drug-likeness (QED) is 0.766. The molecule has 7 nitrogen and oxygen atoms in total. The molecule has 0 fully saturated rings. The van der Waals surface area contributed by atoms with Gasteiger partial charge in [-0.2, -0.15) is 4.31 Å². The van der Waals surface area contributed by atoms with Crippen LogP contribution in [0.5, 0.6) is 5.75 Å². The molecule has 1 aromatic carbocycles. The van der Waals surface area contributed by atoms with Crippen LogP contribution in [0.4, 0.5) is 0 Å². The van der Waals surface area contributed by atoms with Gasteiger partial charge in [0.1, 0.15) is 5.75 Å². The Morgan fingerprint density at radius 2 is 1.71 bits per heavy atom. The fourth-order valence-corrected chi connectivity index (χ4v) is 4.47. The lowest BCUT2D eigenvalue weighted by molar-refractivity contribution is -0.130. The molecule has 0 aliphatic carbocycles. The number of amides is 1. The van der Waals surface area contributed by atoms with Crippen LogP contribution in [0.25, 0.3) is 0 Å². The Morgan fingerprint density at radius 1 is 1.12 bits per heavy atom. The number of benzene rings is 1. The maximum absolute atomic E-state index is 12.7. The van der Waals surface area contributed by atoms with Crippen LogP contribution in [0.15, 0.2) is 40.3 Å². The molecule has 130 valence electrons. The predicted octanol–water partition coefficient (Wildman–Crippen LogP) is 0.221. The summed E-state index contributed by atoms with van der Waals surface area (Å²) in [6.45, 7) is 1.35. The van der Waals surface area contributed by atoms with Crippen molar-refractivity contribution >= 4 is 15.9 Å². The second-order valence-electron chi connectivity index (χ2n) is 5.88. The predicted molar refractivity (Wildman–Crippen MR) is 87.1 cm³/mol. The largest absolute Gasteiger partial charge is 0.497 e. The highest BCUT2D eigenvalue weighted by Gasteiger charge is 2.37. The Morgan fingerprint density at radius 3 is 2.21 bits per heavy atom. The average molecular weight is 352 g/mol. The van der Waals surface area contributed by atoms with Crippen LogP contribution in [0.2, 0.25) is 0 Å². The van der Waals surface area contributed by atoms with Gasteiger partial charge in [0.2, 0.25) is 15.9 Å². The van der Waals surface area contributed by atoms with Crippen molar-refractivity contribution in [2.45, 2.75) is 11.3 Å². The second-order valence-corrected chi connectivity index (χ2v) is 7.82. The van der Waals surface area contributed by atoms with E-state index in [0.717, 1.165) is 11.1 Å². The molecule has 0 saturated heterocycles. The van der Waals surface area contributed by atoms with E-state index in [9.17, 15) is 13.2 Å². The van der Waals surface area contributed by atoms with E-state index in [1.54, 1.807) is 17.0 Å². The SMILES string of the molecule is COc1ccc(S(=O)(=O)N2CC3=C(CN(C(=O)CCO)C3)C2)cc1. The number of ether oxygens (including phenoxy) is 1. The van der Waals surface area contributed by atoms with Crippen LogP contribution in [0.3, 0.4) is 0 Å². The summed E-state index contributed by atoms with van der Waals surface area (Å²) < 4.78 is 31.9. The normalized spacial score (nSPS) is 18.2. The minimum absolute atomic E-state index is 0.100. The zero-order chi connectivity index (χ0) is 17.3. The number of hydrogen-bond acceptors (Lipinski definition) is 5. The maximum Gasteiger partial charge on any atom is 0.243 e. The molecule has 0 bridgehead atoms. The van der Waals surface area contributed by atoms with Crippen LogP contribution in [0.1, 0.15) is 6.42 Å². The molecular formula is C16H20N2O5S. The van der Waals surface area contributed by atoms with Crippen LogP contribution >= 0.6 is 0 Å². The number of carbonyl (C=O) groups is 1. The number of rotatable bonds is 5. The van der Waals surface area contributed by atoms with E-state index < -0.39 is 10.0 Å². The highest BCUT2D eigenvalue weighted by Crippen LogP contribution is 2.30. The maximum atomic E-state index is 12.7. The molecule has 2 aliphatic heterocycles. The third-order valence-electron chi connectivity index (χ3n) is 4.37. The van der Waals surface area contributed by atoms with E-state index in [1.165, 1.54) is 23.5 Å². The van der Waals surface area contributed by atoms with Crippen molar-refractivity contribution in [3.8, 4) is 5.75 Å². The van der Waals surface area contributed by atoms with Gasteiger partial charge in [0.25, 0.3) is 0 Å².